The molecule has 1 rings (SSSR count). The van der Waals surface area contributed by atoms with Crippen LogP contribution >= 0.6 is 0 Å². The van der Waals surface area contributed by atoms with Crippen LogP contribution in [-0.4, -0.2) is 34.2 Å². The molecule has 21 heavy (non-hydrogen) atoms. The Morgan fingerprint density at radius 2 is 2.05 bits per heavy atom. The Labute approximate surface area is 123 Å². The topological polar surface area (TPSA) is 93.1 Å². The first kappa shape index (κ1) is 16.9. The molecular formula is C14H22N4O3. The number of aromatic nitrogens is 2. The fraction of sp³-hybridized carbons (Fsp3) is 0.571. The van der Waals surface area contributed by atoms with E-state index in [1.807, 2.05) is 20.8 Å². The molecule has 0 aliphatic rings. The molecule has 116 valence electrons. The number of aryl methyl sites for hydroxylation is 1. The smallest absolute Gasteiger partial charge is 0.272 e. The monoisotopic (exact) mass is 294 g/mol. The highest BCUT2D eigenvalue weighted by Crippen LogP contribution is 1.94. The normalized spacial score (nSPS) is 10.5. The summed E-state index contributed by atoms with van der Waals surface area (Å²) in [7, 11) is 0. The Morgan fingerprint density at radius 3 is 2.67 bits per heavy atom. The van der Waals surface area contributed by atoms with Crippen molar-refractivity contribution in [2.75, 3.05) is 6.54 Å². The van der Waals surface area contributed by atoms with Gasteiger partial charge in [-0.25, -0.2) is 4.68 Å². The number of rotatable bonds is 7. The van der Waals surface area contributed by atoms with Crippen LogP contribution in [0.3, 0.4) is 0 Å². The third-order valence-electron chi connectivity index (χ3n) is 2.68. The number of amides is 2. The van der Waals surface area contributed by atoms with E-state index in [1.54, 1.807) is 0 Å². The average molecular weight is 294 g/mol. The second-order valence-corrected chi connectivity index (χ2v) is 5.04. The van der Waals surface area contributed by atoms with Crippen LogP contribution in [0.25, 0.3) is 0 Å². The van der Waals surface area contributed by atoms with Crippen LogP contribution in [0.1, 0.15) is 44.1 Å². The molecule has 1 aromatic heterocycles. The molecule has 0 spiro atoms. The number of hydrogen-bond acceptors (Lipinski definition) is 4. The van der Waals surface area contributed by atoms with Gasteiger partial charge in [0.25, 0.3) is 11.5 Å². The molecule has 0 aliphatic carbocycles. The van der Waals surface area contributed by atoms with Gasteiger partial charge in [0.15, 0.2) is 0 Å². The number of carbonyl (C=O) groups is 2. The summed E-state index contributed by atoms with van der Waals surface area (Å²) in [6.07, 6.45) is 1.74. The predicted molar refractivity (Wildman–Crippen MR) is 79.0 cm³/mol. The van der Waals surface area contributed by atoms with E-state index in [1.165, 1.54) is 16.8 Å². The predicted octanol–water partition coefficient (Wildman–Crippen LogP) is 0.298. The standard InChI is InChI=1S/C14H22N4O3/c1-4-5-8-18-13(20)7-6-11(17-18)14(21)15-9-12(19)16-10(2)3/h6-7,10H,4-5,8-9H2,1-3H3,(H,15,21)(H,16,19). The van der Waals surface area contributed by atoms with E-state index in [4.69, 9.17) is 0 Å². The summed E-state index contributed by atoms with van der Waals surface area (Å²) in [5.74, 6) is -0.739. The molecule has 0 fully saturated rings. The van der Waals surface area contributed by atoms with E-state index in [9.17, 15) is 14.4 Å². The highest BCUT2D eigenvalue weighted by atomic mass is 16.2. The van der Waals surface area contributed by atoms with Crippen molar-refractivity contribution >= 4 is 11.8 Å². The van der Waals surface area contributed by atoms with Crippen LogP contribution in [0.4, 0.5) is 0 Å². The minimum atomic E-state index is -0.473. The lowest BCUT2D eigenvalue weighted by Crippen LogP contribution is -2.40. The van der Waals surface area contributed by atoms with Crippen molar-refractivity contribution in [2.45, 2.75) is 46.2 Å². The van der Waals surface area contributed by atoms with E-state index in [0.29, 0.717) is 6.54 Å². The Morgan fingerprint density at radius 1 is 1.33 bits per heavy atom. The summed E-state index contributed by atoms with van der Waals surface area (Å²) in [6, 6.07) is 2.69. The summed E-state index contributed by atoms with van der Waals surface area (Å²) in [5.41, 5.74) is -0.111. The SMILES string of the molecule is CCCCn1nc(C(=O)NCC(=O)NC(C)C)ccc1=O. The van der Waals surface area contributed by atoms with E-state index in [0.717, 1.165) is 12.8 Å². The lowest BCUT2D eigenvalue weighted by atomic mass is 10.3. The minimum Gasteiger partial charge on any atom is -0.352 e. The highest BCUT2D eigenvalue weighted by Gasteiger charge is 2.11. The van der Waals surface area contributed by atoms with Gasteiger partial charge in [-0.05, 0) is 26.3 Å². The molecule has 2 N–H and O–H groups in total. The fourth-order valence-corrected chi connectivity index (χ4v) is 1.66. The van der Waals surface area contributed by atoms with Crippen molar-refractivity contribution < 1.29 is 9.59 Å². The van der Waals surface area contributed by atoms with Crippen LogP contribution in [-0.2, 0) is 11.3 Å². The zero-order valence-corrected chi connectivity index (χ0v) is 12.7. The third-order valence-corrected chi connectivity index (χ3v) is 2.68. The number of carbonyl (C=O) groups excluding carboxylic acids is 2. The Kier molecular flexibility index (Phi) is 6.58. The minimum absolute atomic E-state index is 0.0171. The van der Waals surface area contributed by atoms with Crippen molar-refractivity contribution in [1.29, 1.82) is 0 Å². The van der Waals surface area contributed by atoms with Crippen molar-refractivity contribution in [1.82, 2.24) is 20.4 Å². The van der Waals surface area contributed by atoms with Gasteiger partial charge in [-0.1, -0.05) is 13.3 Å². The molecule has 1 aromatic rings. The quantitative estimate of drug-likeness (QED) is 0.756. The molecule has 0 saturated carbocycles. The molecule has 0 radical (unpaired) electrons. The average Bonchev–Trinajstić information content (AvgIpc) is 2.43. The molecule has 7 nitrogen and oxygen atoms in total. The fourth-order valence-electron chi connectivity index (χ4n) is 1.66. The molecule has 2 amide bonds. The van der Waals surface area contributed by atoms with E-state index < -0.39 is 5.91 Å². The van der Waals surface area contributed by atoms with Crippen LogP contribution in [0.2, 0.25) is 0 Å². The molecular weight excluding hydrogens is 272 g/mol. The zero-order valence-electron chi connectivity index (χ0n) is 12.7. The van der Waals surface area contributed by atoms with Gasteiger partial charge in [0, 0.05) is 18.7 Å². The molecule has 0 aliphatic heterocycles. The number of hydrogen-bond donors (Lipinski definition) is 2. The molecule has 0 unspecified atom stereocenters. The zero-order chi connectivity index (χ0) is 15.8. The third kappa shape index (κ3) is 5.76. The number of unbranched alkanes of at least 4 members (excludes halogenated alkanes) is 1. The molecule has 1 heterocycles. The molecule has 0 saturated heterocycles. The number of nitrogens with zero attached hydrogens (tertiary/aromatic N) is 2. The first-order valence-electron chi connectivity index (χ1n) is 7.09. The molecule has 0 atom stereocenters. The van der Waals surface area contributed by atoms with E-state index in [-0.39, 0.29) is 29.7 Å². The summed E-state index contributed by atoms with van der Waals surface area (Å²) in [4.78, 5) is 34.9. The molecule has 7 heteroatoms. The molecule has 0 aromatic carbocycles. The first-order valence-corrected chi connectivity index (χ1v) is 7.09. The van der Waals surface area contributed by atoms with Gasteiger partial charge in [-0.15, -0.1) is 0 Å². The number of nitrogens with one attached hydrogen (secondary N) is 2. The van der Waals surface area contributed by atoms with Crippen LogP contribution in [0.5, 0.6) is 0 Å². The second-order valence-electron chi connectivity index (χ2n) is 5.04. The van der Waals surface area contributed by atoms with Crippen molar-refractivity contribution in [3.8, 4) is 0 Å². The lowest BCUT2D eigenvalue weighted by molar-refractivity contribution is -0.120. The Balaban J connectivity index is 2.65. The van der Waals surface area contributed by atoms with Gasteiger partial charge in [-0.3, -0.25) is 14.4 Å². The van der Waals surface area contributed by atoms with Crippen molar-refractivity contribution in [3.05, 3.63) is 28.2 Å². The summed E-state index contributed by atoms with van der Waals surface area (Å²) >= 11 is 0. The first-order chi connectivity index (χ1) is 9.93. The second kappa shape index (κ2) is 8.18. The lowest BCUT2D eigenvalue weighted by Gasteiger charge is -2.09. The van der Waals surface area contributed by atoms with Gasteiger partial charge in [0.2, 0.25) is 5.91 Å². The van der Waals surface area contributed by atoms with Gasteiger partial charge < -0.3 is 10.6 Å². The van der Waals surface area contributed by atoms with Gasteiger partial charge in [-0.2, -0.15) is 5.10 Å². The summed E-state index contributed by atoms with van der Waals surface area (Å²) < 4.78 is 1.27. The van der Waals surface area contributed by atoms with Crippen LogP contribution in [0, 0.1) is 0 Å². The maximum absolute atomic E-state index is 11.9. The largest absolute Gasteiger partial charge is 0.352 e. The summed E-state index contributed by atoms with van der Waals surface area (Å²) in [6.45, 7) is 6.04. The Hall–Kier alpha value is -2.18. The van der Waals surface area contributed by atoms with Gasteiger partial charge in [0.1, 0.15) is 5.69 Å². The van der Waals surface area contributed by atoms with E-state index in [2.05, 4.69) is 15.7 Å². The maximum atomic E-state index is 11.9. The van der Waals surface area contributed by atoms with Crippen LogP contribution < -0.4 is 16.2 Å². The van der Waals surface area contributed by atoms with Gasteiger partial charge >= 0.3 is 0 Å². The van der Waals surface area contributed by atoms with Crippen LogP contribution in [0.15, 0.2) is 16.9 Å². The van der Waals surface area contributed by atoms with Crippen molar-refractivity contribution in [2.24, 2.45) is 0 Å². The summed E-state index contributed by atoms with van der Waals surface area (Å²) in [5, 5.41) is 9.16. The van der Waals surface area contributed by atoms with Gasteiger partial charge in [0.05, 0.1) is 6.54 Å². The highest BCUT2D eigenvalue weighted by molar-refractivity contribution is 5.94. The van der Waals surface area contributed by atoms with Crippen molar-refractivity contribution in [3.63, 3.8) is 0 Å². The maximum Gasteiger partial charge on any atom is 0.272 e. The Bertz CT molecular complexity index is 551. The molecule has 0 bridgehead atoms. The van der Waals surface area contributed by atoms with E-state index >= 15 is 0 Å².